The molecule has 0 aliphatic heterocycles. The van der Waals surface area contributed by atoms with Crippen LogP contribution in [-0.2, 0) is 9.59 Å². The van der Waals surface area contributed by atoms with E-state index < -0.39 is 23.8 Å². The van der Waals surface area contributed by atoms with Crippen molar-refractivity contribution < 1.29 is 18.4 Å². The molecule has 0 heterocycles. The molecule has 1 aliphatic rings. The summed E-state index contributed by atoms with van der Waals surface area (Å²) in [5, 5.41) is 0. The van der Waals surface area contributed by atoms with Crippen LogP contribution in [0.3, 0.4) is 0 Å². The first kappa shape index (κ1) is 27.8. The zero-order chi connectivity index (χ0) is 23.7. The Labute approximate surface area is 189 Å². The van der Waals surface area contributed by atoms with Crippen LogP contribution in [0.4, 0.5) is 8.78 Å². The van der Waals surface area contributed by atoms with Crippen molar-refractivity contribution in [3.8, 4) is 0 Å². The lowest BCUT2D eigenvalue weighted by molar-refractivity contribution is -0.161. The Bertz CT molecular complexity index is 586. The second-order valence-electron chi connectivity index (χ2n) is 9.79. The zero-order valence-electron chi connectivity index (χ0n) is 20.5. The van der Waals surface area contributed by atoms with Gasteiger partial charge in [-0.15, -0.1) is 6.58 Å². The van der Waals surface area contributed by atoms with E-state index in [4.69, 9.17) is 0 Å². The van der Waals surface area contributed by atoms with E-state index in [2.05, 4.69) is 13.5 Å². The minimum Gasteiger partial charge on any atom is -0.332 e. The lowest BCUT2D eigenvalue weighted by Gasteiger charge is -2.36. The minimum absolute atomic E-state index is 0.00584. The fourth-order valence-electron chi connectivity index (χ4n) is 4.69. The number of hydrogen-bond donors (Lipinski definition) is 0. The highest BCUT2D eigenvalue weighted by molar-refractivity contribution is 5.85. The highest BCUT2D eigenvalue weighted by Crippen LogP contribution is 2.46. The van der Waals surface area contributed by atoms with Gasteiger partial charge in [0.25, 0.3) is 5.91 Å². The molecule has 0 spiro atoms. The molecule has 1 rings (SSSR count). The van der Waals surface area contributed by atoms with E-state index in [0.717, 1.165) is 44.6 Å². The van der Waals surface area contributed by atoms with Gasteiger partial charge in [-0.25, -0.2) is 0 Å². The molecule has 0 N–H and O–H groups in total. The Hall–Kier alpha value is -1.26. The summed E-state index contributed by atoms with van der Waals surface area (Å²) in [6, 6.07) is 0. The van der Waals surface area contributed by atoms with Crippen LogP contribution >= 0.6 is 0 Å². The maximum Gasteiger partial charge on any atom is 0.328 e. The summed E-state index contributed by atoms with van der Waals surface area (Å²) >= 11 is 0. The lowest BCUT2D eigenvalue weighted by atomic mass is 9.83. The molecule has 31 heavy (non-hydrogen) atoms. The van der Waals surface area contributed by atoms with Gasteiger partial charge in [-0.1, -0.05) is 66.4 Å². The van der Waals surface area contributed by atoms with Gasteiger partial charge in [0.1, 0.15) is 5.78 Å². The van der Waals surface area contributed by atoms with Gasteiger partial charge >= 0.3 is 5.92 Å². The molecule has 5 heteroatoms. The molecule has 0 bridgehead atoms. The van der Waals surface area contributed by atoms with Gasteiger partial charge in [-0.3, -0.25) is 9.59 Å². The normalized spacial score (nSPS) is 18.2. The Morgan fingerprint density at radius 2 is 1.77 bits per heavy atom. The Morgan fingerprint density at radius 1 is 1.13 bits per heavy atom. The number of rotatable bonds is 17. The number of carbonyl (C=O) groups is 2. The average Bonchev–Trinajstić information content (AvgIpc) is 3.53. The second-order valence-corrected chi connectivity index (χ2v) is 9.79. The van der Waals surface area contributed by atoms with E-state index in [0.29, 0.717) is 12.8 Å². The van der Waals surface area contributed by atoms with Crippen LogP contribution in [0.1, 0.15) is 105 Å². The monoisotopic (exact) mass is 441 g/mol. The third kappa shape index (κ3) is 7.98. The highest BCUT2D eigenvalue weighted by Gasteiger charge is 2.54. The molecule has 3 atom stereocenters. The number of Topliss-reactive ketones (excluding diaryl/α,β-unsaturated/α-hetero) is 1. The van der Waals surface area contributed by atoms with Crippen LogP contribution in [0.15, 0.2) is 12.7 Å². The topological polar surface area (TPSA) is 37.4 Å². The molecule has 1 fully saturated rings. The molecule has 1 unspecified atom stereocenters. The van der Waals surface area contributed by atoms with E-state index in [1.807, 2.05) is 27.7 Å². The summed E-state index contributed by atoms with van der Waals surface area (Å²) in [6.07, 6.45) is 9.64. The number of unbranched alkanes of at least 4 members (excludes halogenated alkanes) is 3. The van der Waals surface area contributed by atoms with Crippen molar-refractivity contribution in [1.29, 1.82) is 0 Å². The third-order valence-electron chi connectivity index (χ3n) is 7.07. The van der Waals surface area contributed by atoms with Crippen molar-refractivity contribution in [3.63, 3.8) is 0 Å². The molecule has 0 radical (unpaired) electrons. The van der Waals surface area contributed by atoms with Crippen molar-refractivity contribution in [2.24, 2.45) is 17.8 Å². The summed E-state index contributed by atoms with van der Waals surface area (Å²) in [5.41, 5.74) is -0.436. The van der Waals surface area contributed by atoms with Crippen LogP contribution in [0, 0.1) is 17.8 Å². The quantitative estimate of drug-likeness (QED) is 0.177. The molecule has 0 saturated heterocycles. The molecule has 180 valence electrons. The van der Waals surface area contributed by atoms with Gasteiger partial charge in [-0.05, 0) is 44.4 Å². The van der Waals surface area contributed by atoms with Gasteiger partial charge in [0.2, 0.25) is 0 Å². The number of halogens is 2. The fraction of sp³-hybridized carbons (Fsp3) is 0.846. The number of carbonyl (C=O) groups excluding carboxylic acids is 2. The summed E-state index contributed by atoms with van der Waals surface area (Å²) in [5.74, 6) is -4.25. The number of amides is 1. The predicted molar refractivity (Wildman–Crippen MR) is 124 cm³/mol. The molecule has 0 aromatic carbocycles. The molecule has 0 aromatic rings. The largest absolute Gasteiger partial charge is 0.332 e. The minimum atomic E-state index is -3.42. The molecule has 1 aliphatic carbocycles. The zero-order valence-corrected chi connectivity index (χ0v) is 20.5. The van der Waals surface area contributed by atoms with E-state index in [1.54, 1.807) is 0 Å². The predicted octanol–water partition coefficient (Wildman–Crippen LogP) is 7.20. The van der Waals surface area contributed by atoms with Crippen LogP contribution in [0.2, 0.25) is 0 Å². The van der Waals surface area contributed by atoms with Crippen LogP contribution < -0.4 is 0 Å². The Morgan fingerprint density at radius 3 is 2.26 bits per heavy atom. The van der Waals surface area contributed by atoms with Crippen molar-refractivity contribution in [1.82, 2.24) is 4.90 Å². The molecule has 1 amide bonds. The Balaban J connectivity index is 2.79. The van der Waals surface area contributed by atoms with E-state index in [1.165, 1.54) is 17.7 Å². The number of allylic oxidation sites excluding steroid dienone is 1. The van der Waals surface area contributed by atoms with E-state index in [9.17, 15) is 18.4 Å². The average molecular weight is 442 g/mol. The third-order valence-corrected chi connectivity index (χ3v) is 7.07. The standard InChI is InChI=1S/C26H45F2NO2/c1-7-11-12-13-14-21(6)23(30)22(9-3)18-20(5)19-29(25(10-4)16-17-25)24(31)26(27,28)15-8-2/h8,20-22H,2,7,9-19H2,1,3-6H3/t20-,21+,22?/m1/s1. The molecular formula is C26H45F2NO2. The first-order valence-corrected chi connectivity index (χ1v) is 12.4. The van der Waals surface area contributed by atoms with Gasteiger partial charge in [0.05, 0.1) is 0 Å². The number of alkyl halides is 2. The lowest BCUT2D eigenvalue weighted by Crippen LogP contribution is -2.51. The first-order chi connectivity index (χ1) is 14.6. The first-order valence-electron chi connectivity index (χ1n) is 12.4. The second kappa shape index (κ2) is 12.7. The van der Waals surface area contributed by atoms with Crippen molar-refractivity contribution in [2.45, 2.75) is 117 Å². The molecule has 3 nitrogen and oxygen atoms in total. The van der Waals surface area contributed by atoms with Crippen LogP contribution in [-0.4, -0.2) is 34.6 Å². The summed E-state index contributed by atoms with van der Waals surface area (Å²) in [6.45, 7) is 13.8. The number of nitrogens with zero attached hydrogens (tertiary/aromatic N) is 1. The van der Waals surface area contributed by atoms with Gasteiger partial charge in [0.15, 0.2) is 0 Å². The maximum absolute atomic E-state index is 14.4. The fourth-order valence-corrected chi connectivity index (χ4v) is 4.69. The van der Waals surface area contributed by atoms with Crippen LogP contribution in [0.5, 0.6) is 0 Å². The molecule has 0 aromatic heterocycles. The van der Waals surface area contributed by atoms with Crippen molar-refractivity contribution in [3.05, 3.63) is 12.7 Å². The van der Waals surface area contributed by atoms with Crippen molar-refractivity contribution >= 4 is 11.7 Å². The van der Waals surface area contributed by atoms with Gasteiger partial charge in [-0.2, -0.15) is 8.78 Å². The molecular weight excluding hydrogens is 396 g/mol. The smallest absolute Gasteiger partial charge is 0.328 e. The number of hydrogen-bond acceptors (Lipinski definition) is 2. The summed E-state index contributed by atoms with van der Waals surface area (Å²) in [4.78, 5) is 27.2. The number of ketones is 1. The molecule has 1 saturated carbocycles. The Kier molecular flexibility index (Phi) is 11.4. The van der Waals surface area contributed by atoms with E-state index in [-0.39, 0.29) is 30.1 Å². The van der Waals surface area contributed by atoms with Gasteiger partial charge in [0, 0.05) is 30.3 Å². The van der Waals surface area contributed by atoms with Crippen LogP contribution in [0.25, 0.3) is 0 Å². The SMILES string of the molecule is C=CCC(F)(F)C(=O)N(C[C@H](C)CC(CC)C(=O)[C@@H](C)CCCCCC)C1(CC)CC1. The van der Waals surface area contributed by atoms with Crippen molar-refractivity contribution in [2.75, 3.05) is 6.54 Å². The highest BCUT2D eigenvalue weighted by atomic mass is 19.3. The maximum atomic E-state index is 14.4. The van der Waals surface area contributed by atoms with E-state index >= 15 is 0 Å². The summed E-state index contributed by atoms with van der Waals surface area (Å²) < 4.78 is 28.9. The summed E-state index contributed by atoms with van der Waals surface area (Å²) in [7, 11) is 0. The van der Waals surface area contributed by atoms with Gasteiger partial charge < -0.3 is 4.90 Å².